The Kier molecular flexibility index (Phi) is 9.25. The number of amides is 1. The molecule has 0 spiro atoms. The van der Waals surface area contributed by atoms with Crippen molar-refractivity contribution in [1.29, 1.82) is 0 Å². The molecule has 0 radical (unpaired) electrons. The molecule has 4 aliphatic rings. The molecule has 0 bridgehead atoms. The van der Waals surface area contributed by atoms with Gasteiger partial charge in [0.1, 0.15) is 0 Å². The van der Waals surface area contributed by atoms with Gasteiger partial charge in [-0.25, -0.2) is 8.42 Å². The van der Waals surface area contributed by atoms with Crippen LogP contribution in [0.1, 0.15) is 97.4 Å². The second-order valence-electron chi connectivity index (χ2n) is 13.5. The van der Waals surface area contributed by atoms with Crippen molar-refractivity contribution in [3.63, 3.8) is 0 Å². The number of rotatable bonds is 9. The monoisotopic (exact) mass is 583 g/mol. The summed E-state index contributed by atoms with van der Waals surface area (Å²) in [6.45, 7) is 4.83. The first-order chi connectivity index (χ1) is 19.2. The summed E-state index contributed by atoms with van der Waals surface area (Å²) >= 11 is 0. The van der Waals surface area contributed by atoms with Crippen molar-refractivity contribution < 1.29 is 68.1 Å². The minimum Gasteiger partial charge on any atom is -0.748 e. The number of hydrogen-bond donors (Lipinski definition) is 4. The molecule has 4 aliphatic carbocycles. The molecule has 1 amide bonds. The van der Waals surface area contributed by atoms with Gasteiger partial charge in [-0.05, 0) is 97.7 Å². The van der Waals surface area contributed by atoms with Crippen molar-refractivity contribution in [2.24, 2.45) is 52.3 Å². The number of hydrogen-bond acceptors (Lipinski definition) is 7. The first kappa shape index (κ1) is 28.1. The largest absolute Gasteiger partial charge is 1.00 e. The van der Waals surface area contributed by atoms with Gasteiger partial charge < -0.3 is 25.2 Å². The van der Waals surface area contributed by atoms with Crippen LogP contribution in [0.2, 0.25) is 0 Å². The third-order valence-electron chi connectivity index (χ3n) is 11.6. The molecular weight excluding hydrogens is 529 g/mol. The maximum Gasteiger partial charge on any atom is 1.00 e. The Labute approximate surface area is 263 Å². The minimum absolute atomic E-state index is 0. The van der Waals surface area contributed by atoms with Crippen molar-refractivity contribution in [3.8, 4) is 0 Å². The first-order valence-corrected chi connectivity index (χ1v) is 15.9. The van der Waals surface area contributed by atoms with Gasteiger partial charge in [0.25, 0.3) is 0 Å². The fourth-order valence-electron chi connectivity index (χ4n) is 9.48. The Balaban J connectivity index is 0.00000506. The fraction of sp³-hybridized carbons (Fsp3) is 0.966. The first-order valence-electron chi connectivity index (χ1n) is 16.5. The molecule has 220 valence electrons. The molecule has 0 aliphatic heterocycles. The molecule has 0 saturated heterocycles. The molecule has 8 nitrogen and oxygen atoms in total. The summed E-state index contributed by atoms with van der Waals surface area (Å²) in [6.07, 6.45) is 6.18. The van der Waals surface area contributed by atoms with Gasteiger partial charge in [0.05, 0.1) is 36.9 Å². The van der Waals surface area contributed by atoms with E-state index in [4.69, 9.17) is 5.48 Å². The van der Waals surface area contributed by atoms with E-state index in [9.17, 15) is 33.1 Å². The van der Waals surface area contributed by atoms with E-state index in [1.807, 2.05) is 0 Å². The quantitative estimate of drug-likeness (QED) is 0.222. The van der Waals surface area contributed by atoms with Gasteiger partial charge in [0.15, 0.2) is 0 Å². The summed E-state index contributed by atoms with van der Waals surface area (Å²) in [6, 6.07) is 0. The molecule has 0 heterocycles. The second-order valence-corrected chi connectivity index (χ2v) is 14.6. The number of aliphatic hydroxyl groups is 3. The maximum absolute atomic E-state index is 12.6. The van der Waals surface area contributed by atoms with E-state index in [2.05, 4.69) is 20.8 Å². The van der Waals surface area contributed by atoms with Crippen LogP contribution in [0, 0.1) is 52.3 Å². The van der Waals surface area contributed by atoms with E-state index >= 15 is 0 Å². The van der Waals surface area contributed by atoms with Gasteiger partial charge >= 0.3 is 29.6 Å². The maximum atomic E-state index is 12.6. The molecule has 0 aromatic carbocycles. The third kappa shape index (κ3) is 6.76. The molecule has 4 fully saturated rings. The average Bonchev–Trinajstić information content (AvgIpc) is 3.23. The zero-order valence-corrected chi connectivity index (χ0v) is 27.0. The topological polar surface area (TPSA) is 147 Å². The normalized spacial score (nSPS) is 45.5. The summed E-state index contributed by atoms with van der Waals surface area (Å²) in [5.41, 5.74) is -4.15. The molecule has 0 aromatic rings. The third-order valence-corrected chi connectivity index (χ3v) is 12.0. The average molecular weight is 584 g/mol. The van der Waals surface area contributed by atoms with E-state index in [0.29, 0.717) is 25.7 Å². The number of aliphatic hydroxyl groups excluding tert-OH is 3. The number of nitrogens with one attached hydrogen (secondary N) is 1. The van der Waals surface area contributed by atoms with Crippen LogP contribution in [0.5, 0.6) is 0 Å². The molecule has 39 heavy (non-hydrogen) atoms. The van der Waals surface area contributed by atoms with Crippen molar-refractivity contribution in [2.75, 3.05) is 12.2 Å². The van der Waals surface area contributed by atoms with E-state index in [0.717, 1.165) is 38.5 Å². The SMILES string of the molecule is [2H]C([2H])(NC(=O)[C@H](C)CCC[C@@H](C)[C@H]1CC[C@H]2[C@@H]3[C@H](O)C[C@@H]4C[C@H](O)CC[C@]4(C)[C@H]3C[C@H](O)[C@]12C)C([2H])([2H])S(=O)(=O)[O-].[Na+]. The fourth-order valence-corrected chi connectivity index (χ4v) is 9.66. The molecule has 10 heteroatoms. The van der Waals surface area contributed by atoms with E-state index in [1.54, 1.807) is 12.2 Å². The van der Waals surface area contributed by atoms with Crippen LogP contribution in [-0.4, -0.2) is 64.7 Å². The Morgan fingerprint density at radius 1 is 1.08 bits per heavy atom. The molecule has 4 saturated carbocycles. The van der Waals surface area contributed by atoms with Gasteiger partial charge in [-0.1, -0.05) is 40.5 Å². The summed E-state index contributed by atoms with van der Waals surface area (Å²) < 4.78 is 63.7. The van der Waals surface area contributed by atoms with Gasteiger partial charge in [-0.2, -0.15) is 0 Å². The predicted molar refractivity (Wildman–Crippen MR) is 144 cm³/mol. The van der Waals surface area contributed by atoms with Gasteiger partial charge in [0, 0.05) is 15.2 Å². The van der Waals surface area contributed by atoms with Crippen LogP contribution in [-0.2, 0) is 14.9 Å². The molecule has 0 aromatic heterocycles. The molecule has 12 atom stereocenters. The Bertz CT molecular complexity index is 1130. The van der Waals surface area contributed by atoms with Crippen molar-refractivity contribution in [2.45, 2.75) is 110 Å². The van der Waals surface area contributed by atoms with Crippen molar-refractivity contribution >= 4 is 16.0 Å². The zero-order chi connectivity index (χ0) is 31.6. The standard InChI is InChI=1S/C29H51NO7S.Na/c1-17(6-5-7-18(2)27(34)30-12-13-38(35,36)37)21-8-9-22-26-23(16-25(33)29(21,22)4)28(3)11-10-20(31)14-19(28)15-24(26)32;/h17-26,31-33H,5-16H2,1-4H3,(H,30,34)(H,35,36,37);/q;+1/p-1/t17-,18-,19+,20-,21-,22+,23+,24-,25+,26+,28+,29-;/m1./s1/i12D2,13D2;. The molecule has 4 N–H and O–H groups in total. The zero-order valence-electron chi connectivity index (χ0n) is 28.2. The van der Waals surface area contributed by atoms with Gasteiger partial charge in [-0.3, -0.25) is 4.79 Å². The van der Waals surface area contributed by atoms with Crippen LogP contribution < -0.4 is 34.9 Å². The molecule has 4 rings (SSSR count). The summed E-state index contributed by atoms with van der Waals surface area (Å²) in [5, 5.41) is 35.3. The smallest absolute Gasteiger partial charge is 0.748 e. The number of fused-ring (bicyclic) bond motifs is 5. The van der Waals surface area contributed by atoms with E-state index in [1.165, 1.54) is 0 Å². The van der Waals surface area contributed by atoms with Crippen LogP contribution >= 0.6 is 0 Å². The van der Waals surface area contributed by atoms with Crippen LogP contribution in [0.3, 0.4) is 0 Å². The summed E-state index contributed by atoms with van der Waals surface area (Å²) in [5.74, 6) is -0.311. The molecule has 0 unspecified atom stereocenters. The van der Waals surface area contributed by atoms with Crippen LogP contribution in [0.25, 0.3) is 0 Å². The van der Waals surface area contributed by atoms with Gasteiger partial charge in [-0.15, -0.1) is 0 Å². The predicted octanol–water partition coefficient (Wildman–Crippen LogP) is 0.0557. The Morgan fingerprint density at radius 2 is 1.77 bits per heavy atom. The second kappa shape index (κ2) is 12.9. The molecular formula is C29H50NNaO7S. The van der Waals surface area contributed by atoms with E-state index in [-0.39, 0.29) is 82.0 Å². The van der Waals surface area contributed by atoms with Gasteiger partial charge in [0.2, 0.25) is 5.91 Å². The minimum atomic E-state index is -5.66. The number of carbonyl (C=O) groups excluding carboxylic acids is 1. The van der Waals surface area contributed by atoms with Crippen LogP contribution in [0.4, 0.5) is 0 Å². The van der Waals surface area contributed by atoms with Crippen molar-refractivity contribution in [3.05, 3.63) is 0 Å². The number of carbonyl (C=O) groups is 1. The van der Waals surface area contributed by atoms with E-state index < -0.39 is 46.4 Å². The Morgan fingerprint density at radius 3 is 2.44 bits per heavy atom. The van der Waals surface area contributed by atoms with Crippen LogP contribution in [0.15, 0.2) is 0 Å². The Hall–Kier alpha value is 0.260. The summed E-state index contributed by atoms with van der Waals surface area (Å²) in [7, 11) is -5.66. The summed E-state index contributed by atoms with van der Waals surface area (Å²) in [4.78, 5) is 12.6. The van der Waals surface area contributed by atoms with Crippen molar-refractivity contribution in [1.82, 2.24) is 5.32 Å².